The third-order valence-electron chi connectivity index (χ3n) is 3.80. The largest absolute Gasteiger partial charge is 0.358 e. The van der Waals surface area contributed by atoms with E-state index in [2.05, 4.69) is 71.0 Å². The van der Waals surface area contributed by atoms with Gasteiger partial charge in [0.1, 0.15) is 0 Å². The Morgan fingerprint density at radius 2 is 1.95 bits per heavy atom. The monoisotopic (exact) mass is 314 g/mol. The van der Waals surface area contributed by atoms with E-state index in [1.54, 1.807) is 0 Å². The molecule has 0 fully saturated rings. The molecule has 2 aromatic heterocycles. The van der Waals surface area contributed by atoms with E-state index in [1.807, 2.05) is 12.4 Å². The quantitative estimate of drug-likeness (QED) is 0.821. The lowest BCUT2D eigenvalue weighted by atomic mass is 10.0. The Labute approximate surface area is 137 Å². The lowest BCUT2D eigenvalue weighted by molar-refractivity contribution is 0.278. The van der Waals surface area contributed by atoms with E-state index in [0.29, 0.717) is 0 Å². The zero-order valence-electron chi connectivity index (χ0n) is 13.3. The Morgan fingerprint density at radius 1 is 1.23 bits per heavy atom. The van der Waals surface area contributed by atoms with Gasteiger partial charge < -0.3 is 14.8 Å². The molecule has 1 aliphatic rings. The first-order chi connectivity index (χ1) is 10.5. The molecule has 22 heavy (non-hydrogen) atoms. The van der Waals surface area contributed by atoms with Gasteiger partial charge in [0.05, 0.1) is 6.04 Å². The molecule has 0 aromatic carbocycles. The second-order valence-electron chi connectivity index (χ2n) is 6.68. The van der Waals surface area contributed by atoms with Crippen molar-refractivity contribution in [3.63, 3.8) is 0 Å². The standard InChI is InChI=1S/C17H22N4S/c1-17(2,3)19-16(22)21-12-11-20-10-4-5-14(20)15(21)13-6-8-18-9-7-13/h4-10,15H,11-12H2,1-3H3,(H,19,22). The van der Waals surface area contributed by atoms with Crippen LogP contribution in [0.1, 0.15) is 38.1 Å². The Morgan fingerprint density at radius 3 is 2.64 bits per heavy atom. The first-order valence-electron chi connectivity index (χ1n) is 7.59. The van der Waals surface area contributed by atoms with Crippen LogP contribution in [0.5, 0.6) is 0 Å². The van der Waals surface area contributed by atoms with E-state index in [4.69, 9.17) is 12.2 Å². The highest BCUT2D eigenvalue weighted by Gasteiger charge is 2.31. The number of pyridine rings is 1. The second kappa shape index (κ2) is 5.72. The maximum atomic E-state index is 5.69. The fourth-order valence-corrected chi connectivity index (χ4v) is 3.39. The third-order valence-corrected chi connectivity index (χ3v) is 4.14. The number of nitrogens with zero attached hydrogens (tertiary/aromatic N) is 3. The summed E-state index contributed by atoms with van der Waals surface area (Å²) in [4.78, 5) is 6.42. The fraction of sp³-hybridized carbons (Fsp3) is 0.412. The first-order valence-corrected chi connectivity index (χ1v) is 8.00. The highest BCUT2D eigenvalue weighted by molar-refractivity contribution is 7.80. The molecular weight excluding hydrogens is 292 g/mol. The molecule has 2 aromatic rings. The van der Waals surface area contributed by atoms with Crippen LogP contribution in [0, 0.1) is 0 Å². The summed E-state index contributed by atoms with van der Waals surface area (Å²) in [6.07, 6.45) is 5.83. The highest BCUT2D eigenvalue weighted by atomic mass is 32.1. The summed E-state index contributed by atoms with van der Waals surface area (Å²) < 4.78 is 2.31. The van der Waals surface area contributed by atoms with E-state index in [-0.39, 0.29) is 11.6 Å². The normalized spacial score (nSPS) is 18.0. The average molecular weight is 314 g/mol. The molecule has 3 heterocycles. The van der Waals surface area contributed by atoms with Crippen LogP contribution in [0.25, 0.3) is 0 Å². The molecule has 4 nitrogen and oxygen atoms in total. The summed E-state index contributed by atoms with van der Waals surface area (Å²) >= 11 is 5.69. The lowest BCUT2D eigenvalue weighted by Gasteiger charge is -2.40. The van der Waals surface area contributed by atoms with E-state index in [1.165, 1.54) is 11.3 Å². The lowest BCUT2D eigenvalue weighted by Crippen LogP contribution is -2.52. The molecule has 1 atom stereocenters. The number of thiocarbonyl (C=S) groups is 1. The van der Waals surface area contributed by atoms with Gasteiger partial charge >= 0.3 is 0 Å². The number of aromatic nitrogens is 2. The summed E-state index contributed by atoms with van der Waals surface area (Å²) in [6.45, 7) is 8.25. The van der Waals surface area contributed by atoms with E-state index >= 15 is 0 Å². The van der Waals surface area contributed by atoms with Crippen molar-refractivity contribution in [2.24, 2.45) is 0 Å². The number of nitrogens with one attached hydrogen (secondary N) is 1. The van der Waals surface area contributed by atoms with Crippen molar-refractivity contribution in [2.45, 2.75) is 38.9 Å². The average Bonchev–Trinajstić information content (AvgIpc) is 2.93. The molecule has 0 saturated heterocycles. The molecule has 0 bridgehead atoms. The molecule has 0 radical (unpaired) electrons. The van der Waals surface area contributed by atoms with E-state index < -0.39 is 0 Å². The first kappa shape index (κ1) is 15.0. The summed E-state index contributed by atoms with van der Waals surface area (Å²) in [5, 5.41) is 4.25. The van der Waals surface area contributed by atoms with Crippen LogP contribution < -0.4 is 5.32 Å². The van der Waals surface area contributed by atoms with Crippen LogP contribution in [-0.4, -0.2) is 31.6 Å². The summed E-state index contributed by atoms with van der Waals surface area (Å²) in [6, 6.07) is 8.55. The van der Waals surface area contributed by atoms with Gasteiger partial charge in [0.2, 0.25) is 0 Å². The molecule has 116 valence electrons. The van der Waals surface area contributed by atoms with Gasteiger partial charge in [0, 0.05) is 42.9 Å². The van der Waals surface area contributed by atoms with Crippen molar-refractivity contribution in [1.82, 2.24) is 19.8 Å². The number of hydrogen-bond donors (Lipinski definition) is 1. The molecule has 0 aliphatic carbocycles. The van der Waals surface area contributed by atoms with Gasteiger partial charge in [-0.15, -0.1) is 0 Å². The molecule has 1 unspecified atom stereocenters. The smallest absolute Gasteiger partial charge is 0.170 e. The van der Waals surface area contributed by atoms with Crippen molar-refractivity contribution >= 4 is 17.3 Å². The summed E-state index contributed by atoms with van der Waals surface area (Å²) in [7, 11) is 0. The summed E-state index contributed by atoms with van der Waals surface area (Å²) in [5.41, 5.74) is 2.45. The molecule has 0 saturated carbocycles. The van der Waals surface area contributed by atoms with Crippen molar-refractivity contribution in [3.05, 3.63) is 54.1 Å². The van der Waals surface area contributed by atoms with Crippen LogP contribution >= 0.6 is 12.2 Å². The molecule has 0 spiro atoms. The van der Waals surface area contributed by atoms with Gasteiger partial charge in [-0.3, -0.25) is 4.98 Å². The number of hydrogen-bond acceptors (Lipinski definition) is 2. The molecule has 1 N–H and O–H groups in total. The van der Waals surface area contributed by atoms with Gasteiger partial charge in [-0.2, -0.15) is 0 Å². The molecule has 5 heteroatoms. The Kier molecular flexibility index (Phi) is 3.91. The van der Waals surface area contributed by atoms with Gasteiger partial charge in [-0.05, 0) is 62.8 Å². The highest BCUT2D eigenvalue weighted by Crippen LogP contribution is 2.32. The Balaban J connectivity index is 1.97. The van der Waals surface area contributed by atoms with Crippen LogP contribution in [-0.2, 0) is 6.54 Å². The zero-order chi connectivity index (χ0) is 15.7. The minimum atomic E-state index is -0.0423. The van der Waals surface area contributed by atoms with Gasteiger partial charge in [0.25, 0.3) is 0 Å². The van der Waals surface area contributed by atoms with E-state index in [9.17, 15) is 0 Å². The van der Waals surface area contributed by atoms with Crippen LogP contribution in [0.3, 0.4) is 0 Å². The molecular formula is C17H22N4S. The van der Waals surface area contributed by atoms with Gasteiger partial charge in [-0.25, -0.2) is 0 Å². The third kappa shape index (κ3) is 2.99. The zero-order valence-corrected chi connectivity index (χ0v) is 14.1. The Hall–Kier alpha value is -1.88. The van der Waals surface area contributed by atoms with Crippen molar-refractivity contribution < 1.29 is 0 Å². The van der Waals surface area contributed by atoms with Crippen LogP contribution in [0.15, 0.2) is 42.9 Å². The van der Waals surface area contributed by atoms with Crippen LogP contribution in [0.4, 0.5) is 0 Å². The Bertz CT molecular complexity index is 657. The number of rotatable bonds is 1. The summed E-state index contributed by atoms with van der Waals surface area (Å²) in [5.74, 6) is 0. The topological polar surface area (TPSA) is 33.1 Å². The maximum Gasteiger partial charge on any atom is 0.170 e. The van der Waals surface area contributed by atoms with Gasteiger partial charge in [0.15, 0.2) is 5.11 Å². The van der Waals surface area contributed by atoms with Crippen LogP contribution in [0.2, 0.25) is 0 Å². The maximum absolute atomic E-state index is 5.69. The number of fused-ring (bicyclic) bond motifs is 1. The molecule has 1 aliphatic heterocycles. The van der Waals surface area contributed by atoms with E-state index in [0.717, 1.165) is 18.2 Å². The predicted molar refractivity (Wildman–Crippen MR) is 92.7 cm³/mol. The van der Waals surface area contributed by atoms with Gasteiger partial charge in [-0.1, -0.05) is 0 Å². The fourth-order valence-electron chi connectivity index (χ4n) is 2.89. The minimum Gasteiger partial charge on any atom is -0.358 e. The minimum absolute atomic E-state index is 0.0423. The van der Waals surface area contributed by atoms with Crippen molar-refractivity contribution in [3.8, 4) is 0 Å². The SMILES string of the molecule is CC(C)(C)NC(=S)N1CCn2cccc2C1c1ccncc1. The van der Waals surface area contributed by atoms with Crippen molar-refractivity contribution in [2.75, 3.05) is 6.54 Å². The second-order valence-corrected chi connectivity index (χ2v) is 7.07. The van der Waals surface area contributed by atoms with Crippen molar-refractivity contribution in [1.29, 1.82) is 0 Å². The molecule has 3 rings (SSSR count). The predicted octanol–water partition coefficient (Wildman–Crippen LogP) is 2.96. The molecule has 0 amide bonds.